The number of hydrogen-bond acceptors (Lipinski definition) is 5. The topological polar surface area (TPSA) is 54.4 Å². The quantitative estimate of drug-likeness (QED) is 0.670. The van der Waals surface area contributed by atoms with E-state index in [-0.39, 0.29) is 11.9 Å². The van der Waals surface area contributed by atoms with Gasteiger partial charge in [-0.2, -0.15) is 5.10 Å². The van der Waals surface area contributed by atoms with Crippen molar-refractivity contribution in [2.24, 2.45) is 5.10 Å². The van der Waals surface area contributed by atoms with Crippen LogP contribution in [0.4, 0.5) is 0 Å². The highest BCUT2D eigenvalue weighted by atomic mass is 16.5. The molecule has 2 aromatic rings. The average molecular weight is 422 g/mol. The summed E-state index contributed by atoms with van der Waals surface area (Å²) >= 11 is 0. The molecule has 2 aliphatic heterocycles. The minimum absolute atomic E-state index is 0.0543. The molecular weight excluding hydrogens is 390 g/mol. The zero-order chi connectivity index (χ0) is 21.6. The van der Waals surface area contributed by atoms with Gasteiger partial charge >= 0.3 is 0 Å². The van der Waals surface area contributed by atoms with Gasteiger partial charge in [-0.05, 0) is 62.7 Å². The van der Waals surface area contributed by atoms with Gasteiger partial charge in [0.05, 0.1) is 32.0 Å². The summed E-state index contributed by atoms with van der Waals surface area (Å²) < 4.78 is 11.0. The van der Waals surface area contributed by atoms with E-state index < -0.39 is 0 Å². The number of hydrazone groups is 1. The summed E-state index contributed by atoms with van der Waals surface area (Å²) in [6.45, 7) is 4.99. The SMILES string of the molecule is CCOc1ccc([C@H]2CC(c3cccc(OC)c3)=NN2C(=O)CN2CCCCC2)cc1. The van der Waals surface area contributed by atoms with Crippen LogP contribution in [0.5, 0.6) is 11.5 Å². The van der Waals surface area contributed by atoms with Crippen LogP contribution in [0, 0.1) is 0 Å². The molecule has 0 unspecified atom stereocenters. The van der Waals surface area contributed by atoms with Crippen molar-refractivity contribution in [2.75, 3.05) is 33.4 Å². The first kappa shape index (κ1) is 21.4. The van der Waals surface area contributed by atoms with Crippen molar-refractivity contribution in [3.8, 4) is 11.5 Å². The van der Waals surface area contributed by atoms with Crippen LogP contribution in [0.3, 0.4) is 0 Å². The molecule has 0 bridgehead atoms. The van der Waals surface area contributed by atoms with Gasteiger partial charge in [0, 0.05) is 12.0 Å². The average Bonchev–Trinajstić information content (AvgIpc) is 3.26. The molecule has 0 aromatic heterocycles. The van der Waals surface area contributed by atoms with E-state index in [0.717, 1.165) is 54.3 Å². The van der Waals surface area contributed by atoms with Gasteiger partial charge in [0.2, 0.25) is 0 Å². The van der Waals surface area contributed by atoms with Crippen LogP contribution in [-0.2, 0) is 4.79 Å². The lowest BCUT2D eigenvalue weighted by molar-refractivity contribution is -0.134. The molecule has 6 heteroatoms. The van der Waals surface area contributed by atoms with Crippen LogP contribution in [0.15, 0.2) is 53.6 Å². The van der Waals surface area contributed by atoms with E-state index in [1.54, 1.807) is 12.1 Å². The van der Waals surface area contributed by atoms with Gasteiger partial charge < -0.3 is 9.47 Å². The predicted octanol–water partition coefficient (Wildman–Crippen LogP) is 4.26. The van der Waals surface area contributed by atoms with E-state index in [4.69, 9.17) is 14.6 Å². The van der Waals surface area contributed by atoms with E-state index in [2.05, 4.69) is 4.90 Å². The highest BCUT2D eigenvalue weighted by molar-refractivity contribution is 6.03. The fourth-order valence-electron chi connectivity index (χ4n) is 4.31. The van der Waals surface area contributed by atoms with Crippen LogP contribution in [0.1, 0.15) is 49.8 Å². The van der Waals surface area contributed by atoms with Crippen molar-refractivity contribution < 1.29 is 14.3 Å². The molecule has 1 amide bonds. The Morgan fingerprint density at radius 1 is 1.06 bits per heavy atom. The molecule has 0 radical (unpaired) electrons. The molecular formula is C25H31N3O3. The minimum Gasteiger partial charge on any atom is -0.497 e. The van der Waals surface area contributed by atoms with E-state index in [0.29, 0.717) is 19.6 Å². The molecule has 4 rings (SSSR count). The smallest absolute Gasteiger partial charge is 0.257 e. The maximum absolute atomic E-state index is 13.3. The Balaban J connectivity index is 1.59. The predicted molar refractivity (Wildman–Crippen MR) is 122 cm³/mol. The van der Waals surface area contributed by atoms with Crippen LogP contribution in [0.2, 0.25) is 0 Å². The number of likely N-dealkylation sites (tertiary alicyclic amines) is 1. The third-order valence-electron chi connectivity index (χ3n) is 5.95. The molecule has 0 N–H and O–H groups in total. The molecule has 164 valence electrons. The van der Waals surface area contributed by atoms with Crippen molar-refractivity contribution >= 4 is 11.6 Å². The number of amides is 1. The number of piperidine rings is 1. The van der Waals surface area contributed by atoms with Crippen LogP contribution < -0.4 is 9.47 Å². The zero-order valence-corrected chi connectivity index (χ0v) is 18.4. The maximum atomic E-state index is 13.3. The zero-order valence-electron chi connectivity index (χ0n) is 18.4. The van der Waals surface area contributed by atoms with E-state index >= 15 is 0 Å². The van der Waals surface area contributed by atoms with Crippen molar-refractivity contribution in [3.05, 3.63) is 59.7 Å². The van der Waals surface area contributed by atoms with Crippen molar-refractivity contribution in [1.29, 1.82) is 0 Å². The highest BCUT2D eigenvalue weighted by Gasteiger charge is 2.34. The normalized spacial score (nSPS) is 19.2. The molecule has 31 heavy (non-hydrogen) atoms. The van der Waals surface area contributed by atoms with E-state index in [1.165, 1.54) is 6.42 Å². The number of carbonyl (C=O) groups is 1. The van der Waals surface area contributed by atoms with Gasteiger partial charge in [-0.3, -0.25) is 9.69 Å². The second-order valence-electron chi connectivity index (χ2n) is 8.08. The number of nitrogens with zero attached hydrogens (tertiary/aromatic N) is 3. The summed E-state index contributed by atoms with van der Waals surface area (Å²) in [5.41, 5.74) is 2.96. The number of hydrogen-bond donors (Lipinski definition) is 0. The molecule has 0 saturated carbocycles. The van der Waals surface area contributed by atoms with Gasteiger partial charge in [-0.25, -0.2) is 5.01 Å². The molecule has 1 saturated heterocycles. The first-order valence-corrected chi connectivity index (χ1v) is 11.2. The molecule has 2 aliphatic rings. The molecule has 6 nitrogen and oxygen atoms in total. The standard InChI is InChI=1S/C25H31N3O3/c1-3-31-21-12-10-19(11-13-21)24-17-23(20-8-7-9-22(16-20)30-2)26-28(24)25(29)18-27-14-5-4-6-15-27/h7-13,16,24H,3-6,14-15,17-18H2,1-2H3/t24-/m1/s1. The molecule has 1 fully saturated rings. The Morgan fingerprint density at radius 3 is 2.55 bits per heavy atom. The summed E-state index contributed by atoms with van der Waals surface area (Å²) in [6, 6.07) is 15.8. The minimum atomic E-state index is -0.117. The van der Waals surface area contributed by atoms with Gasteiger partial charge in [0.15, 0.2) is 0 Å². The largest absolute Gasteiger partial charge is 0.497 e. The van der Waals surface area contributed by atoms with E-state index in [9.17, 15) is 4.79 Å². The lowest BCUT2D eigenvalue weighted by atomic mass is 9.98. The summed E-state index contributed by atoms with van der Waals surface area (Å²) in [5, 5.41) is 6.50. The molecule has 0 aliphatic carbocycles. The third kappa shape index (κ3) is 5.07. The number of rotatable bonds is 7. The van der Waals surface area contributed by atoms with Gasteiger partial charge in [0.1, 0.15) is 11.5 Å². The maximum Gasteiger partial charge on any atom is 0.257 e. The summed E-state index contributed by atoms with van der Waals surface area (Å²) in [5.74, 6) is 1.68. The summed E-state index contributed by atoms with van der Waals surface area (Å²) in [6.07, 6.45) is 4.25. The summed E-state index contributed by atoms with van der Waals surface area (Å²) in [7, 11) is 1.66. The third-order valence-corrected chi connectivity index (χ3v) is 5.95. The Labute approximate surface area is 184 Å². The van der Waals surface area contributed by atoms with Crippen LogP contribution in [0.25, 0.3) is 0 Å². The Bertz CT molecular complexity index is 920. The molecule has 2 aromatic carbocycles. The van der Waals surface area contributed by atoms with Crippen LogP contribution >= 0.6 is 0 Å². The first-order chi connectivity index (χ1) is 15.2. The molecule has 0 spiro atoms. The van der Waals surface area contributed by atoms with Crippen molar-refractivity contribution in [2.45, 2.75) is 38.6 Å². The lowest BCUT2D eigenvalue weighted by Crippen LogP contribution is -2.40. The van der Waals surface area contributed by atoms with Crippen molar-refractivity contribution in [1.82, 2.24) is 9.91 Å². The number of methoxy groups -OCH3 is 1. The lowest BCUT2D eigenvalue weighted by Gasteiger charge is -2.29. The van der Waals surface area contributed by atoms with Gasteiger partial charge in [-0.1, -0.05) is 30.7 Å². The van der Waals surface area contributed by atoms with Gasteiger partial charge in [-0.15, -0.1) is 0 Å². The van der Waals surface area contributed by atoms with Gasteiger partial charge in [0.25, 0.3) is 5.91 Å². The monoisotopic (exact) mass is 421 g/mol. The van der Waals surface area contributed by atoms with Crippen molar-refractivity contribution in [3.63, 3.8) is 0 Å². The molecule has 1 atom stereocenters. The number of benzene rings is 2. The fourth-order valence-corrected chi connectivity index (χ4v) is 4.31. The fraction of sp³-hybridized carbons (Fsp3) is 0.440. The second-order valence-corrected chi connectivity index (χ2v) is 8.08. The Morgan fingerprint density at radius 2 is 1.84 bits per heavy atom. The van der Waals surface area contributed by atoms with E-state index in [1.807, 2.05) is 55.5 Å². The Kier molecular flexibility index (Phi) is 6.87. The second kappa shape index (κ2) is 9.96. The Hall–Kier alpha value is -2.86. The van der Waals surface area contributed by atoms with Crippen LogP contribution in [-0.4, -0.2) is 54.9 Å². The molecule has 2 heterocycles. The number of carbonyl (C=O) groups excluding carboxylic acids is 1. The highest BCUT2D eigenvalue weighted by Crippen LogP contribution is 2.34. The summed E-state index contributed by atoms with van der Waals surface area (Å²) in [4.78, 5) is 15.5. The first-order valence-electron chi connectivity index (χ1n) is 11.2. The number of ether oxygens (including phenoxy) is 2.